The van der Waals surface area contributed by atoms with Gasteiger partial charge >= 0.3 is 5.97 Å². The maximum Gasteiger partial charge on any atom is 0.308 e. The molecule has 0 heterocycles. The normalized spacial score (nSPS) is 24.8. The zero-order valence-electron chi connectivity index (χ0n) is 11.7. The lowest BCUT2D eigenvalue weighted by atomic mass is 10.00. The minimum absolute atomic E-state index is 0.277. The third kappa shape index (κ3) is 4.79. The average molecular weight is 165 g/mol. The fourth-order valence-corrected chi connectivity index (χ4v) is 0.529. The van der Waals surface area contributed by atoms with Crippen LogP contribution in [0.2, 0.25) is 0 Å². The SMILES string of the molecule is [2H]C([2H])([2H])C([2H])([2H])OC(=O)C[C@](C)(O)CC. The number of aliphatic hydroxyl groups is 1. The lowest BCUT2D eigenvalue weighted by molar-refractivity contribution is -0.148. The summed E-state index contributed by atoms with van der Waals surface area (Å²) in [6, 6.07) is 0. The van der Waals surface area contributed by atoms with Gasteiger partial charge in [-0.1, -0.05) is 6.92 Å². The Balaban J connectivity index is 4.48. The first-order valence-electron chi connectivity index (χ1n) is 5.85. The van der Waals surface area contributed by atoms with Crippen molar-refractivity contribution in [2.75, 3.05) is 6.56 Å². The van der Waals surface area contributed by atoms with Crippen LogP contribution in [-0.4, -0.2) is 23.2 Å². The molecule has 0 saturated carbocycles. The molecule has 0 saturated heterocycles. The molecule has 0 fully saturated rings. The van der Waals surface area contributed by atoms with Gasteiger partial charge in [-0.15, -0.1) is 0 Å². The topological polar surface area (TPSA) is 46.5 Å². The molecule has 0 radical (unpaired) electrons. The lowest BCUT2D eigenvalue weighted by Gasteiger charge is -2.19. The maximum atomic E-state index is 11.2. The molecule has 1 N–H and O–H groups in total. The number of hydrogen-bond donors (Lipinski definition) is 1. The van der Waals surface area contributed by atoms with Gasteiger partial charge < -0.3 is 9.84 Å². The van der Waals surface area contributed by atoms with E-state index < -0.39 is 31.4 Å². The van der Waals surface area contributed by atoms with Gasteiger partial charge in [-0.25, -0.2) is 0 Å². The second kappa shape index (κ2) is 4.34. The van der Waals surface area contributed by atoms with E-state index in [9.17, 15) is 9.90 Å². The van der Waals surface area contributed by atoms with Crippen LogP contribution in [-0.2, 0) is 9.53 Å². The fraction of sp³-hybridized carbons (Fsp3) is 0.875. The predicted octanol–water partition coefficient (Wildman–Crippen LogP) is 1.10. The highest BCUT2D eigenvalue weighted by atomic mass is 16.5. The summed E-state index contributed by atoms with van der Waals surface area (Å²) in [5.41, 5.74) is -1.32. The van der Waals surface area contributed by atoms with Crippen molar-refractivity contribution in [3.63, 3.8) is 0 Å². The molecule has 0 aliphatic rings. The van der Waals surface area contributed by atoms with Crippen molar-refractivity contribution in [2.45, 2.75) is 39.1 Å². The second-order valence-corrected chi connectivity index (χ2v) is 2.60. The van der Waals surface area contributed by atoms with Gasteiger partial charge in [0.25, 0.3) is 0 Å². The van der Waals surface area contributed by atoms with E-state index in [-0.39, 0.29) is 6.42 Å². The van der Waals surface area contributed by atoms with Crippen LogP contribution in [0.3, 0.4) is 0 Å². The van der Waals surface area contributed by atoms with Crippen LogP contribution in [0.15, 0.2) is 0 Å². The van der Waals surface area contributed by atoms with E-state index in [4.69, 9.17) is 6.85 Å². The summed E-state index contributed by atoms with van der Waals surface area (Å²) < 4.78 is 38.8. The van der Waals surface area contributed by atoms with Crippen molar-refractivity contribution in [1.29, 1.82) is 0 Å². The van der Waals surface area contributed by atoms with Gasteiger partial charge in [0.1, 0.15) is 0 Å². The molecule has 0 spiro atoms. The number of hydrogen-bond acceptors (Lipinski definition) is 3. The van der Waals surface area contributed by atoms with Crippen molar-refractivity contribution in [3.8, 4) is 0 Å². The third-order valence-corrected chi connectivity index (χ3v) is 1.45. The first kappa shape index (κ1) is 4.45. The summed E-state index contributed by atoms with van der Waals surface area (Å²) in [6.45, 7) is -3.04. The van der Waals surface area contributed by atoms with E-state index in [1.165, 1.54) is 6.92 Å². The number of ether oxygens (including phenoxy) is 1. The van der Waals surface area contributed by atoms with Crippen molar-refractivity contribution in [3.05, 3.63) is 0 Å². The summed E-state index contributed by atoms with van der Waals surface area (Å²) in [5, 5.41) is 9.53. The molecule has 66 valence electrons. The van der Waals surface area contributed by atoms with Gasteiger partial charge in [-0.2, -0.15) is 0 Å². The second-order valence-electron chi connectivity index (χ2n) is 2.60. The van der Waals surface area contributed by atoms with E-state index in [0.717, 1.165) is 0 Å². The smallest absolute Gasteiger partial charge is 0.308 e. The van der Waals surface area contributed by atoms with Crippen LogP contribution in [0, 0.1) is 0 Å². The van der Waals surface area contributed by atoms with Gasteiger partial charge in [-0.05, 0) is 20.2 Å². The molecule has 0 bridgehead atoms. The van der Waals surface area contributed by atoms with Crippen molar-refractivity contribution in [1.82, 2.24) is 0 Å². The highest BCUT2D eigenvalue weighted by Crippen LogP contribution is 2.13. The Bertz CT molecular complexity index is 259. The minimum atomic E-state index is -3.04. The zero-order valence-corrected chi connectivity index (χ0v) is 6.68. The quantitative estimate of drug-likeness (QED) is 0.634. The molecule has 0 aromatic carbocycles. The lowest BCUT2D eigenvalue weighted by Crippen LogP contribution is -2.27. The molecule has 0 rings (SSSR count). The van der Waals surface area contributed by atoms with E-state index >= 15 is 0 Å². The Morgan fingerprint density at radius 3 is 3.00 bits per heavy atom. The van der Waals surface area contributed by atoms with Gasteiger partial charge in [-0.3, -0.25) is 4.79 Å². The molecular weight excluding hydrogens is 144 g/mol. The Morgan fingerprint density at radius 1 is 1.91 bits per heavy atom. The van der Waals surface area contributed by atoms with E-state index in [1.807, 2.05) is 0 Å². The number of rotatable bonds is 4. The van der Waals surface area contributed by atoms with Gasteiger partial charge in [0.2, 0.25) is 0 Å². The predicted molar refractivity (Wildman–Crippen MR) is 42.2 cm³/mol. The molecule has 3 heteroatoms. The molecule has 0 unspecified atom stereocenters. The first-order chi connectivity index (χ1) is 6.91. The van der Waals surface area contributed by atoms with E-state index in [0.29, 0.717) is 0 Å². The molecule has 0 aliphatic carbocycles. The standard InChI is InChI=1S/C8H16O3/c1-4-8(3,10)6-7(9)11-5-2/h10H,4-6H2,1-3H3/t8-/m1/s1/i2D3,5D2. The summed E-state index contributed by atoms with van der Waals surface area (Å²) >= 11 is 0. The highest BCUT2D eigenvalue weighted by Gasteiger charge is 2.22. The molecule has 0 amide bonds. The molecule has 0 aromatic rings. The number of carbonyl (C=O) groups is 1. The maximum absolute atomic E-state index is 11.2. The largest absolute Gasteiger partial charge is 0.466 e. The summed E-state index contributed by atoms with van der Waals surface area (Å²) in [6.07, 6.45) is -0.169. The fourth-order valence-electron chi connectivity index (χ4n) is 0.529. The van der Waals surface area contributed by atoms with Gasteiger partial charge in [0, 0.05) is 4.11 Å². The van der Waals surface area contributed by atoms with Crippen LogP contribution >= 0.6 is 0 Å². The summed E-state index contributed by atoms with van der Waals surface area (Å²) in [7, 11) is 0. The van der Waals surface area contributed by atoms with Crippen LogP contribution in [0.25, 0.3) is 0 Å². The molecule has 0 aliphatic heterocycles. The monoisotopic (exact) mass is 165 g/mol. The van der Waals surface area contributed by atoms with Gasteiger partial charge in [0.15, 0.2) is 0 Å². The average Bonchev–Trinajstić information content (AvgIpc) is 1.99. The highest BCUT2D eigenvalue weighted by molar-refractivity contribution is 5.70. The minimum Gasteiger partial charge on any atom is -0.466 e. The Hall–Kier alpha value is -0.570. The Morgan fingerprint density at radius 2 is 2.55 bits per heavy atom. The summed E-state index contributed by atoms with van der Waals surface area (Å²) in [5.74, 6) is -1.08. The molecule has 11 heavy (non-hydrogen) atoms. The van der Waals surface area contributed by atoms with Crippen molar-refractivity contribution in [2.24, 2.45) is 0 Å². The van der Waals surface area contributed by atoms with Crippen molar-refractivity contribution >= 4 is 5.97 Å². The van der Waals surface area contributed by atoms with Crippen LogP contribution in [0.5, 0.6) is 0 Å². The van der Waals surface area contributed by atoms with Crippen molar-refractivity contribution < 1.29 is 21.5 Å². The zero-order chi connectivity index (χ0) is 13.2. The summed E-state index contributed by atoms with van der Waals surface area (Å²) in [4.78, 5) is 11.2. The molecule has 0 aromatic heterocycles. The Kier molecular flexibility index (Phi) is 1.76. The van der Waals surface area contributed by atoms with Gasteiger partial charge in [0.05, 0.1) is 21.3 Å². The Labute approximate surface area is 74.4 Å². The molecule has 1 atom stereocenters. The van der Waals surface area contributed by atoms with Crippen LogP contribution in [0.4, 0.5) is 0 Å². The number of esters is 1. The van der Waals surface area contributed by atoms with Crippen LogP contribution < -0.4 is 0 Å². The number of carbonyl (C=O) groups excluding carboxylic acids is 1. The molecular formula is C8H16O3. The van der Waals surface area contributed by atoms with E-state index in [2.05, 4.69) is 4.74 Å². The molecule has 3 nitrogen and oxygen atoms in total. The first-order valence-corrected chi connectivity index (χ1v) is 3.35. The van der Waals surface area contributed by atoms with E-state index in [1.54, 1.807) is 6.92 Å². The van der Waals surface area contributed by atoms with Crippen LogP contribution in [0.1, 0.15) is 40.4 Å². The third-order valence-electron chi connectivity index (χ3n) is 1.45.